The number of benzene rings is 1. The summed E-state index contributed by atoms with van der Waals surface area (Å²) in [5.41, 5.74) is 0.990. The predicted octanol–water partition coefficient (Wildman–Crippen LogP) is 4.59. The van der Waals surface area contributed by atoms with Crippen LogP contribution in [0.15, 0.2) is 47.9 Å². The van der Waals surface area contributed by atoms with Crippen LogP contribution in [0.2, 0.25) is 0 Å². The molecule has 0 saturated heterocycles. The number of carbonyl (C=O) groups excluding carboxylic acids is 1. The smallest absolute Gasteiger partial charge is 0.246 e. The van der Waals surface area contributed by atoms with Gasteiger partial charge in [0.2, 0.25) is 5.91 Å². The number of amides is 1. The van der Waals surface area contributed by atoms with Crippen LogP contribution in [0.5, 0.6) is 0 Å². The second-order valence-corrected chi connectivity index (χ2v) is 7.04. The zero-order valence-corrected chi connectivity index (χ0v) is 14.0. The number of thiophene rings is 1. The van der Waals surface area contributed by atoms with E-state index in [0.717, 1.165) is 20.1 Å². The van der Waals surface area contributed by atoms with Gasteiger partial charge in [0.05, 0.1) is 16.3 Å². The Morgan fingerprint density at radius 1 is 1.27 bits per heavy atom. The third-order valence-corrected chi connectivity index (χ3v) is 5.57. The summed E-state index contributed by atoms with van der Waals surface area (Å²) >= 11 is 3.26. The molecule has 0 aliphatic heterocycles. The molecule has 3 nitrogen and oxygen atoms in total. The zero-order chi connectivity index (χ0) is 15.5. The number of fused-ring (bicyclic) bond motifs is 1. The Kier molecular flexibility index (Phi) is 4.36. The maximum atomic E-state index is 12.3. The first-order valence-corrected chi connectivity index (χ1v) is 8.68. The van der Waals surface area contributed by atoms with Crippen molar-refractivity contribution in [3.63, 3.8) is 0 Å². The predicted molar refractivity (Wildman–Crippen MR) is 94.2 cm³/mol. The largest absolute Gasteiger partial charge is 0.333 e. The first kappa shape index (κ1) is 14.9. The Morgan fingerprint density at radius 2 is 2.09 bits per heavy atom. The number of thiazole rings is 1. The fourth-order valence-corrected chi connectivity index (χ4v) is 3.76. The monoisotopic (exact) mass is 328 g/mol. The lowest BCUT2D eigenvalue weighted by molar-refractivity contribution is -0.126. The minimum atomic E-state index is -0.0436. The van der Waals surface area contributed by atoms with E-state index in [1.54, 1.807) is 33.6 Å². The van der Waals surface area contributed by atoms with Crippen molar-refractivity contribution >= 4 is 44.9 Å². The van der Waals surface area contributed by atoms with E-state index >= 15 is 0 Å². The van der Waals surface area contributed by atoms with Crippen molar-refractivity contribution in [2.24, 2.45) is 0 Å². The Bertz CT molecular complexity index is 772. The molecule has 1 amide bonds. The fraction of sp³-hybridized carbons (Fsp3) is 0.176. The summed E-state index contributed by atoms with van der Waals surface area (Å²) in [4.78, 5) is 19.7. The van der Waals surface area contributed by atoms with Crippen LogP contribution in [-0.4, -0.2) is 22.8 Å². The molecule has 112 valence electrons. The topological polar surface area (TPSA) is 33.2 Å². The Hall–Kier alpha value is -1.98. The summed E-state index contributed by atoms with van der Waals surface area (Å²) in [6.45, 7) is 2.01. The van der Waals surface area contributed by atoms with Gasteiger partial charge in [-0.25, -0.2) is 4.98 Å². The van der Waals surface area contributed by atoms with Crippen LogP contribution in [0.25, 0.3) is 16.3 Å². The second-order valence-electron chi connectivity index (χ2n) is 4.99. The van der Waals surface area contributed by atoms with Crippen LogP contribution < -0.4 is 0 Å². The van der Waals surface area contributed by atoms with Gasteiger partial charge in [0.15, 0.2) is 0 Å². The molecule has 0 aliphatic carbocycles. The van der Waals surface area contributed by atoms with Gasteiger partial charge in [0, 0.05) is 18.0 Å². The number of hydrogen-bond acceptors (Lipinski definition) is 4. The van der Waals surface area contributed by atoms with Crippen molar-refractivity contribution in [2.75, 3.05) is 7.05 Å². The van der Waals surface area contributed by atoms with Gasteiger partial charge in [-0.3, -0.25) is 4.79 Å². The maximum absolute atomic E-state index is 12.3. The number of rotatable bonds is 4. The number of para-hydroxylation sites is 1. The summed E-state index contributed by atoms with van der Waals surface area (Å²) in [7, 11) is 1.82. The number of aromatic nitrogens is 1. The number of likely N-dealkylation sites (N-methyl/N-ethyl adjacent to an activating group) is 1. The molecule has 0 N–H and O–H groups in total. The highest BCUT2D eigenvalue weighted by Crippen LogP contribution is 2.28. The molecule has 0 radical (unpaired) electrons. The minimum absolute atomic E-state index is 0.0137. The van der Waals surface area contributed by atoms with Gasteiger partial charge in [-0.2, -0.15) is 0 Å². The van der Waals surface area contributed by atoms with E-state index in [2.05, 4.69) is 11.1 Å². The Labute approximate surface area is 137 Å². The highest BCUT2D eigenvalue weighted by molar-refractivity contribution is 7.18. The van der Waals surface area contributed by atoms with E-state index in [1.165, 1.54) is 0 Å². The molecule has 2 heterocycles. The molecule has 0 aliphatic rings. The molecule has 3 rings (SSSR count). The molecule has 1 aromatic carbocycles. The van der Waals surface area contributed by atoms with Crippen LogP contribution in [-0.2, 0) is 4.79 Å². The highest BCUT2D eigenvalue weighted by atomic mass is 32.1. The molecule has 3 aromatic rings. The van der Waals surface area contributed by atoms with Crippen LogP contribution in [0.1, 0.15) is 22.9 Å². The van der Waals surface area contributed by atoms with Crippen molar-refractivity contribution < 1.29 is 4.79 Å². The molecule has 0 spiro atoms. The van der Waals surface area contributed by atoms with Crippen LogP contribution in [0, 0.1) is 0 Å². The van der Waals surface area contributed by atoms with Gasteiger partial charge < -0.3 is 4.90 Å². The molecular formula is C17H16N2OS2. The Morgan fingerprint density at radius 3 is 2.82 bits per heavy atom. The normalized spacial score (nSPS) is 12.8. The number of hydrogen-bond donors (Lipinski definition) is 0. The molecule has 0 saturated carbocycles. The van der Waals surface area contributed by atoms with Crippen molar-refractivity contribution in [1.29, 1.82) is 0 Å². The molecule has 2 aromatic heterocycles. The molecule has 22 heavy (non-hydrogen) atoms. The van der Waals surface area contributed by atoms with Gasteiger partial charge in [0.25, 0.3) is 0 Å². The molecule has 1 atom stereocenters. The SMILES string of the molecule is C[C@H](c1nc2ccccc2s1)N(C)C(=O)/C=C/c1cccs1. The lowest BCUT2D eigenvalue weighted by Crippen LogP contribution is -2.27. The van der Waals surface area contributed by atoms with E-state index in [1.807, 2.05) is 55.8 Å². The van der Waals surface area contributed by atoms with E-state index in [9.17, 15) is 4.79 Å². The van der Waals surface area contributed by atoms with E-state index < -0.39 is 0 Å². The lowest BCUT2D eigenvalue weighted by Gasteiger charge is -2.21. The van der Waals surface area contributed by atoms with Crippen LogP contribution in [0.4, 0.5) is 0 Å². The quantitative estimate of drug-likeness (QED) is 0.656. The standard InChI is InChI=1S/C17H16N2OS2/c1-12(17-18-14-7-3-4-8-15(14)22-17)19(2)16(20)10-9-13-6-5-11-21-13/h3-12H,1-2H3/b10-9+/t12-/m1/s1. The summed E-state index contributed by atoms with van der Waals surface area (Å²) in [5.74, 6) is -0.0137. The lowest BCUT2D eigenvalue weighted by atomic mass is 10.3. The van der Waals surface area contributed by atoms with Crippen molar-refractivity contribution in [2.45, 2.75) is 13.0 Å². The van der Waals surface area contributed by atoms with E-state index in [0.29, 0.717) is 0 Å². The van der Waals surface area contributed by atoms with Gasteiger partial charge >= 0.3 is 0 Å². The number of nitrogens with zero attached hydrogens (tertiary/aromatic N) is 2. The average molecular weight is 328 g/mol. The zero-order valence-electron chi connectivity index (χ0n) is 12.4. The van der Waals surface area contributed by atoms with Gasteiger partial charge in [-0.1, -0.05) is 18.2 Å². The van der Waals surface area contributed by atoms with Gasteiger partial charge in [-0.05, 0) is 36.6 Å². The fourth-order valence-electron chi connectivity index (χ4n) is 2.08. The Balaban J connectivity index is 1.75. The first-order chi connectivity index (χ1) is 10.6. The van der Waals surface area contributed by atoms with Gasteiger partial charge in [0.1, 0.15) is 5.01 Å². The van der Waals surface area contributed by atoms with Crippen molar-refractivity contribution in [3.8, 4) is 0 Å². The van der Waals surface area contributed by atoms with E-state index in [4.69, 9.17) is 0 Å². The molecule has 0 bridgehead atoms. The summed E-state index contributed by atoms with van der Waals surface area (Å²) in [6.07, 6.45) is 3.48. The molecule has 0 fully saturated rings. The third kappa shape index (κ3) is 3.10. The van der Waals surface area contributed by atoms with Crippen molar-refractivity contribution in [1.82, 2.24) is 9.88 Å². The average Bonchev–Trinajstić information content (AvgIpc) is 3.19. The van der Waals surface area contributed by atoms with Crippen LogP contribution >= 0.6 is 22.7 Å². The minimum Gasteiger partial charge on any atom is -0.333 e. The summed E-state index contributed by atoms with van der Waals surface area (Å²) < 4.78 is 1.15. The third-order valence-electron chi connectivity index (χ3n) is 3.53. The molecule has 5 heteroatoms. The van der Waals surface area contributed by atoms with Crippen LogP contribution in [0.3, 0.4) is 0 Å². The number of carbonyl (C=O) groups is 1. The first-order valence-electron chi connectivity index (χ1n) is 6.99. The summed E-state index contributed by atoms with van der Waals surface area (Å²) in [5, 5.41) is 2.96. The van der Waals surface area contributed by atoms with E-state index in [-0.39, 0.29) is 11.9 Å². The molecular weight excluding hydrogens is 312 g/mol. The maximum Gasteiger partial charge on any atom is 0.246 e. The van der Waals surface area contributed by atoms with Gasteiger partial charge in [-0.15, -0.1) is 22.7 Å². The second kappa shape index (κ2) is 6.42. The highest BCUT2D eigenvalue weighted by Gasteiger charge is 2.19. The molecule has 0 unspecified atom stereocenters. The van der Waals surface area contributed by atoms with Crippen molar-refractivity contribution in [3.05, 3.63) is 57.7 Å². The summed E-state index contributed by atoms with van der Waals surface area (Å²) in [6, 6.07) is 12.0.